The van der Waals surface area contributed by atoms with Gasteiger partial charge in [0.1, 0.15) is 5.82 Å². The lowest BCUT2D eigenvalue weighted by atomic mass is 10.1. The summed E-state index contributed by atoms with van der Waals surface area (Å²) in [5, 5.41) is 2.63. The smallest absolute Gasteiger partial charge is 0.298 e. The number of aromatic nitrogens is 1. The van der Waals surface area contributed by atoms with E-state index < -0.39 is 29.0 Å². The zero-order valence-corrected chi connectivity index (χ0v) is 12.5. The summed E-state index contributed by atoms with van der Waals surface area (Å²) in [6.45, 7) is 3.89. The molecule has 1 aromatic carbocycles. The first-order chi connectivity index (χ1) is 10.2. The maximum Gasteiger partial charge on any atom is 0.416 e. The summed E-state index contributed by atoms with van der Waals surface area (Å²) in [5.41, 5.74) is -1.62. The highest BCUT2D eigenvalue weighted by Gasteiger charge is 2.32. The first-order valence-electron chi connectivity index (χ1n) is 6.31. The molecule has 3 nitrogen and oxygen atoms in total. The Labute approximate surface area is 128 Å². The molecular formula is C14H12F4N2OS. The molecule has 0 unspecified atom stereocenters. The van der Waals surface area contributed by atoms with Crippen LogP contribution in [-0.2, 0) is 6.18 Å². The van der Waals surface area contributed by atoms with Gasteiger partial charge in [-0.15, -0.1) is 11.3 Å². The number of carbonyl (C=O) groups is 1. The van der Waals surface area contributed by atoms with E-state index in [1.807, 2.05) is 13.8 Å². The van der Waals surface area contributed by atoms with Gasteiger partial charge in [0.15, 0.2) is 5.13 Å². The van der Waals surface area contributed by atoms with Gasteiger partial charge in [-0.1, -0.05) is 13.8 Å². The summed E-state index contributed by atoms with van der Waals surface area (Å²) in [5.74, 6) is -1.74. The van der Waals surface area contributed by atoms with Gasteiger partial charge in [0.05, 0.1) is 5.56 Å². The average molecular weight is 332 g/mol. The number of halogens is 4. The van der Waals surface area contributed by atoms with E-state index in [9.17, 15) is 22.4 Å². The van der Waals surface area contributed by atoms with Gasteiger partial charge in [0.25, 0.3) is 5.91 Å². The lowest BCUT2D eigenvalue weighted by Crippen LogP contribution is -2.14. The van der Waals surface area contributed by atoms with E-state index in [1.54, 1.807) is 6.20 Å². The molecule has 0 spiro atoms. The van der Waals surface area contributed by atoms with Crippen LogP contribution < -0.4 is 5.32 Å². The van der Waals surface area contributed by atoms with Gasteiger partial charge in [-0.2, -0.15) is 13.2 Å². The summed E-state index contributed by atoms with van der Waals surface area (Å²) in [6.07, 6.45) is -3.14. The lowest BCUT2D eigenvalue weighted by molar-refractivity contribution is -0.137. The predicted molar refractivity (Wildman–Crippen MR) is 75.6 cm³/mol. The summed E-state index contributed by atoms with van der Waals surface area (Å²) in [6, 6.07) is 1.70. The van der Waals surface area contributed by atoms with Crippen LogP contribution in [0.5, 0.6) is 0 Å². The molecule has 1 amide bonds. The highest BCUT2D eigenvalue weighted by Crippen LogP contribution is 2.31. The molecule has 0 saturated heterocycles. The maximum absolute atomic E-state index is 13.3. The quantitative estimate of drug-likeness (QED) is 0.830. The van der Waals surface area contributed by atoms with Crippen LogP contribution in [0.4, 0.5) is 22.7 Å². The summed E-state index contributed by atoms with van der Waals surface area (Å²) in [4.78, 5) is 16.8. The van der Waals surface area contributed by atoms with Crippen LogP contribution in [0.3, 0.4) is 0 Å². The third-order valence-electron chi connectivity index (χ3n) is 2.80. The van der Waals surface area contributed by atoms with E-state index in [-0.39, 0.29) is 11.0 Å². The summed E-state index contributed by atoms with van der Waals surface area (Å²) in [7, 11) is 0. The number of benzene rings is 1. The van der Waals surface area contributed by atoms with Gasteiger partial charge >= 0.3 is 6.18 Å². The van der Waals surface area contributed by atoms with Crippen molar-refractivity contribution in [2.24, 2.45) is 0 Å². The second-order valence-corrected chi connectivity index (χ2v) is 5.97. The largest absolute Gasteiger partial charge is 0.416 e. The molecule has 0 aliphatic heterocycles. The minimum Gasteiger partial charge on any atom is -0.298 e. The monoisotopic (exact) mass is 332 g/mol. The van der Waals surface area contributed by atoms with Crippen molar-refractivity contribution in [2.75, 3.05) is 5.32 Å². The fourth-order valence-electron chi connectivity index (χ4n) is 1.66. The van der Waals surface area contributed by atoms with Gasteiger partial charge in [0.2, 0.25) is 0 Å². The molecule has 0 fully saturated rings. The number of anilines is 1. The van der Waals surface area contributed by atoms with Crippen LogP contribution in [0, 0.1) is 5.82 Å². The topological polar surface area (TPSA) is 42.0 Å². The van der Waals surface area contributed by atoms with Crippen molar-refractivity contribution >= 4 is 22.4 Å². The van der Waals surface area contributed by atoms with Crippen molar-refractivity contribution < 1.29 is 22.4 Å². The standard InChI is InChI=1S/C14H12F4N2OS/c1-7(2)11-6-19-13(22-11)20-12(21)8-3-9(14(16,17)18)5-10(15)4-8/h3-7H,1-2H3,(H,19,20,21). The number of amides is 1. The Bertz CT molecular complexity index is 694. The Morgan fingerprint density at radius 2 is 1.95 bits per heavy atom. The number of nitrogens with one attached hydrogen (secondary N) is 1. The van der Waals surface area contributed by atoms with Crippen LogP contribution in [0.2, 0.25) is 0 Å². The van der Waals surface area contributed by atoms with E-state index >= 15 is 0 Å². The second-order valence-electron chi connectivity index (χ2n) is 4.90. The molecule has 1 N–H and O–H groups in total. The molecule has 2 aromatic rings. The van der Waals surface area contributed by atoms with Gasteiger partial charge in [-0.3, -0.25) is 10.1 Å². The van der Waals surface area contributed by atoms with Gasteiger partial charge in [-0.05, 0) is 24.1 Å². The van der Waals surface area contributed by atoms with Crippen LogP contribution >= 0.6 is 11.3 Å². The molecular weight excluding hydrogens is 320 g/mol. The van der Waals surface area contributed by atoms with Gasteiger partial charge < -0.3 is 0 Å². The Hall–Kier alpha value is -1.96. The number of alkyl halides is 3. The molecule has 0 saturated carbocycles. The zero-order valence-electron chi connectivity index (χ0n) is 11.7. The third-order valence-corrected chi connectivity index (χ3v) is 4.01. The third kappa shape index (κ3) is 3.82. The molecule has 22 heavy (non-hydrogen) atoms. The molecule has 0 aliphatic carbocycles. The van der Waals surface area contributed by atoms with E-state index in [0.29, 0.717) is 12.1 Å². The second kappa shape index (κ2) is 6.04. The number of rotatable bonds is 3. The van der Waals surface area contributed by atoms with E-state index in [4.69, 9.17) is 0 Å². The van der Waals surface area contributed by atoms with Crippen LogP contribution in [0.15, 0.2) is 24.4 Å². The predicted octanol–water partition coefficient (Wildman–Crippen LogP) is 4.68. The van der Waals surface area contributed by atoms with Crippen molar-refractivity contribution in [1.29, 1.82) is 0 Å². The fraction of sp³-hybridized carbons (Fsp3) is 0.286. The van der Waals surface area contributed by atoms with E-state index in [2.05, 4.69) is 10.3 Å². The van der Waals surface area contributed by atoms with E-state index in [0.717, 1.165) is 10.9 Å². The van der Waals surface area contributed by atoms with Crippen LogP contribution in [0.25, 0.3) is 0 Å². The fourth-order valence-corrected chi connectivity index (χ4v) is 2.48. The van der Waals surface area contributed by atoms with Crippen LogP contribution in [0.1, 0.15) is 40.6 Å². The Balaban J connectivity index is 2.23. The lowest BCUT2D eigenvalue weighted by Gasteiger charge is -2.09. The van der Waals surface area contributed by atoms with E-state index in [1.165, 1.54) is 11.3 Å². The molecule has 1 aromatic heterocycles. The Morgan fingerprint density at radius 1 is 1.27 bits per heavy atom. The van der Waals surface area contributed by atoms with Crippen molar-refractivity contribution in [3.63, 3.8) is 0 Å². The van der Waals surface area contributed by atoms with Crippen molar-refractivity contribution in [3.8, 4) is 0 Å². The number of hydrogen-bond acceptors (Lipinski definition) is 3. The normalized spacial score (nSPS) is 11.8. The Kier molecular flexibility index (Phi) is 4.50. The molecule has 2 rings (SSSR count). The van der Waals surface area contributed by atoms with Gasteiger partial charge in [0, 0.05) is 16.6 Å². The van der Waals surface area contributed by atoms with Crippen LogP contribution in [-0.4, -0.2) is 10.9 Å². The number of thiazole rings is 1. The molecule has 0 atom stereocenters. The Morgan fingerprint density at radius 3 is 2.50 bits per heavy atom. The SMILES string of the molecule is CC(C)c1cnc(NC(=O)c2cc(F)cc(C(F)(F)F)c2)s1. The number of carbonyl (C=O) groups excluding carboxylic acids is 1. The highest BCUT2D eigenvalue weighted by atomic mass is 32.1. The minimum absolute atomic E-state index is 0.217. The minimum atomic E-state index is -4.72. The summed E-state index contributed by atoms with van der Waals surface area (Å²) >= 11 is 1.22. The summed E-state index contributed by atoms with van der Waals surface area (Å²) < 4.78 is 51.1. The molecule has 1 heterocycles. The van der Waals surface area contributed by atoms with Gasteiger partial charge in [-0.25, -0.2) is 9.37 Å². The average Bonchev–Trinajstić information content (AvgIpc) is 2.85. The zero-order chi connectivity index (χ0) is 16.5. The molecule has 0 radical (unpaired) electrons. The maximum atomic E-state index is 13.3. The first-order valence-corrected chi connectivity index (χ1v) is 7.13. The number of hydrogen-bond donors (Lipinski definition) is 1. The van der Waals surface area contributed by atoms with Crippen molar-refractivity contribution in [1.82, 2.24) is 4.98 Å². The van der Waals surface area contributed by atoms with Crippen molar-refractivity contribution in [2.45, 2.75) is 25.9 Å². The number of nitrogens with zero attached hydrogens (tertiary/aromatic N) is 1. The van der Waals surface area contributed by atoms with Crippen molar-refractivity contribution in [3.05, 3.63) is 46.2 Å². The highest BCUT2D eigenvalue weighted by molar-refractivity contribution is 7.15. The molecule has 118 valence electrons. The molecule has 8 heteroatoms. The molecule has 0 bridgehead atoms. The molecule has 0 aliphatic rings. The first kappa shape index (κ1) is 16.4.